The molecule has 0 saturated heterocycles. The van der Waals surface area contributed by atoms with Crippen LogP contribution in [0.15, 0.2) is 0 Å². The van der Waals surface area contributed by atoms with Gasteiger partial charge in [-0.15, -0.1) is 0 Å². The van der Waals surface area contributed by atoms with E-state index < -0.39 is 12.0 Å². The zero-order valence-corrected chi connectivity index (χ0v) is 12.8. The predicted octanol–water partition coefficient (Wildman–Crippen LogP) is -1.73. The number of halogens is 2. The Morgan fingerprint density at radius 3 is 2.48 bits per heavy atom. The Morgan fingerprint density at radius 1 is 1.33 bits per heavy atom. The predicted molar refractivity (Wildman–Crippen MR) is 77.7 cm³/mol. The summed E-state index contributed by atoms with van der Waals surface area (Å²) in [5, 5.41) is 2.65. The molecule has 9 nitrogen and oxygen atoms in total. The van der Waals surface area contributed by atoms with Crippen LogP contribution in [-0.2, 0) is 9.53 Å². The Kier molecular flexibility index (Phi) is 6.89. The number of hydrogen-bond donors (Lipinski definition) is 4. The Labute approximate surface area is 131 Å². The molecule has 1 rings (SSSR count). The fourth-order valence-corrected chi connectivity index (χ4v) is 1.84. The summed E-state index contributed by atoms with van der Waals surface area (Å²) in [6.07, 6.45) is 1.05. The van der Waals surface area contributed by atoms with Crippen LogP contribution in [-0.4, -0.2) is 46.6 Å². The standard InChI is InChI=1S/C10H15Cl2N7O2/c1-21-6(20)5(3-2-4-15-9(13)14)16-10-18-7(11)17-8(12)19-10/h5H,2-4H2,1H3,(H4,13,14,15)(H,16,17,18,19)/p+1. The highest BCUT2D eigenvalue weighted by atomic mass is 35.5. The molecule has 0 spiro atoms. The van der Waals surface area contributed by atoms with E-state index in [1.165, 1.54) is 7.11 Å². The molecule has 0 saturated carbocycles. The minimum absolute atomic E-state index is 0.0757. The highest BCUT2D eigenvalue weighted by Crippen LogP contribution is 2.12. The number of esters is 1. The van der Waals surface area contributed by atoms with Gasteiger partial charge in [0.1, 0.15) is 6.04 Å². The number of aromatic nitrogens is 3. The summed E-state index contributed by atoms with van der Waals surface area (Å²) in [6.45, 7) is 0.510. The summed E-state index contributed by atoms with van der Waals surface area (Å²) >= 11 is 11.3. The Bertz CT molecular complexity index is 502. The van der Waals surface area contributed by atoms with Gasteiger partial charge in [-0.05, 0) is 36.0 Å². The Hall–Kier alpha value is -1.87. The molecule has 1 heterocycles. The number of hydrogen-bond acceptors (Lipinski definition) is 6. The fraction of sp³-hybridized carbons (Fsp3) is 0.500. The molecule has 6 N–H and O–H groups in total. The number of anilines is 1. The highest BCUT2D eigenvalue weighted by molar-refractivity contribution is 6.31. The SMILES string of the molecule is COC(=O)C(CCC[NH+]=C(N)N)Nc1nc(Cl)nc(Cl)n1. The van der Waals surface area contributed by atoms with Gasteiger partial charge in [-0.1, -0.05) is 0 Å². The molecule has 0 aliphatic heterocycles. The first-order chi connectivity index (χ1) is 9.92. The Balaban J connectivity index is 2.69. The lowest BCUT2D eigenvalue weighted by Crippen LogP contribution is -2.78. The molecule has 0 aliphatic carbocycles. The van der Waals surface area contributed by atoms with Crippen LogP contribution >= 0.6 is 23.2 Å². The normalized spacial score (nSPS) is 11.6. The number of nitrogens with zero attached hydrogens (tertiary/aromatic N) is 3. The van der Waals surface area contributed by atoms with E-state index in [1.54, 1.807) is 0 Å². The van der Waals surface area contributed by atoms with Crippen molar-refractivity contribution in [1.82, 2.24) is 15.0 Å². The van der Waals surface area contributed by atoms with Crippen molar-refractivity contribution in [2.75, 3.05) is 19.0 Å². The molecule has 1 aromatic heterocycles. The van der Waals surface area contributed by atoms with E-state index in [0.717, 1.165) is 0 Å². The molecular weight excluding hydrogens is 321 g/mol. The van der Waals surface area contributed by atoms with Gasteiger partial charge >= 0.3 is 11.9 Å². The van der Waals surface area contributed by atoms with E-state index in [0.29, 0.717) is 19.4 Å². The van der Waals surface area contributed by atoms with Crippen LogP contribution in [0.25, 0.3) is 0 Å². The van der Waals surface area contributed by atoms with Crippen molar-refractivity contribution < 1.29 is 14.5 Å². The molecule has 0 fully saturated rings. The van der Waals surface area contributed by atoms with Gasteiger partial charge in [0.2, 0.25) is 16.5 Å². The largest absolute Gasteiger partial charge is 0.467 e. The summed E-state index contributed by atoms with van der Waals surface area (Å²) in [4.78, 5) is 25.7. The van der Waals surface area contributed by atoms with Gasteiger partial charge in [-0.2, -0.15) is 15.0 Å². The molecule has 0 aliphatic rings. The third-order valence-corrected chi connectivity index (χ3v) is 2.71. The molecule has 1 aromatic rings. The lowest BCUT2D eigenvalue weighted by atomic mass is 10.1. The second-order valence-corrected chi connectivity index (χ2v) is 4.62. The van der Waals surface area contributed by atoms with Gasteiger partial charge in [0, 0.05) is 0 Å². The molecule has 0 radical (unpaired) electrons. The number of ether oxygens (including phenoxy) is 1. The topological polar surface area (TPSA) is 143 Å². The van der Waals surface area contributed by atoms with Crippen LogP contribution in [0.1, 0.15) is 12.8 Å². The fourth-order valence-electron chi connectivity index (χ4n) is 1.48. The second-order valence-electron chi connectivity index (χ2n) is 3.94. The zero-order valence-electron chi connectivity index (χ0n) is 11.3. The van der Waals surface area contributed by atoms with Crippen LogP contribution in [0, 0.1) is 0 Å². The van der Waals surface area contributed by atoms with Crippen molar-refractivity contribution in [2.24, 2.45) is 11.5 Å². The van der Waals surface area contributed by atoms with Crippen molar-refractivity contribution in [2.45, 2.75) is 18.9 Å². The van der Waals surface area contributed by atoms with Crippen LogP contribution in [0.5, 0.6) is 0 Å². The van der Waals surface area contributed by atoms with Gasteiger partial charge in [-0.25, -0.2) is 4.79 Å². The lowest BCUT2D eigenvalue weighted by molar-refractivity contribution is -0.459. The summed E-state index contributed by atoms with van der Waals surface area (Å²) < 4.78 is 4.71. The molecule has 0 bridgehead atoms. The van der Waals surface area contributed by atoms with Gasteiger partial charge < -0.3 is 10.1 Å². The smallest absolute Gasteiger partial charge is 0.338 e. The van der Waals surface area contributed by atoms with Crippen LogP contribution in [0.2, 0.25) is 10.6 Å². The van der Waals surface area contributed by atoms with Crippen molar-refractivity contribution in [3.63, 3.8) is 0 Å². The van der Waals surface area contributed by atoms with Crippen LogP contribution in [0.4, 0.5) is 5.95 Å². The number of rotatable bonds is 7. The summed E-state index contributed by atoms with van der Waals surface area (Å²) in [5.41, 5.74) is 10.5. The van der Waals surface area contributed by atoms with Crippen LogP contribution in [0.3, 0.4) is 0 Å². The monoisotopic (exact) mass is 336 g/mol. The zero-order chi connectivity index (χ0) is 15.8. The average Bonchev–Trinajstić information content (AvgIpc) is 2.40. The molecule has 1 atom stereocenters. The molecular formula is C10H16Cl2N7O2+. The first-order valence-electron chi connectivity index (χ1n) is 5.95. The van der Waals surface area contributed by atoms with Crippen molar-refractivity contribution in [3.8, 4) is 0 Å². The van der Waals surface area contributed by atoms with E-state index in [1.807, 2.05) is 0 Å². The van der Waals surface area contributed by atoms with Gasteiger partial charge in [0.15, 0.2) is 0 Å². The number of methoxy groups -OCH3 is 1. The second kappa shape index (κ2) is 8.42. The molecule has 0 amide bonds. The Morgan fingerprint density at radius 2 is 1.95 bits per heavy atom. The third kappa shape index (κ3) is 6.41. The number of nitrogens with two attached hydrogens (primary N) is 2. The minimum Gasteiger partial charge on any atom is -0.467 e. The maximum Gasteiger partial charge on any atom is 0.338 e. The third-order valence-electron chi connectivity index (χ3n) is 2.37. The summed E-state index contributed by atoms with van der Waals surface area (Å²) in [7, 11) is 1.29. The molecule has 1 unspecified atom stereocenters. The first-order valence-corrected chi connectivity index (χ1v) is 6.71. The number of carbonyl (C=O) groups excluding carboxylic acids is 1. The van der Waals surface area contributed by atoms with E-state index in [4.69, 9.17) is 39.4 Å². The molecule has 0 aromatic carbocycles. The average molecular weight is 337 g/mol. The van der Waals surface area contributed by atoms with E-state index in [2.05, 4.69) is 25.3 Å². The highest BCUT2D eigenvalue weighted by Gasteiger charge is 2.20. The van der Waals surface area contributed by atoms with Crippen molar-refractivity contribution in [1.29, 1.82) is 0 Å². The van der Waals surface area contributed by atoms with Crippen LogP contribution < -0.4 is 21.8 Å². The quantitative estimate of drug-likeness (QED) is 0.199. The molecule has 11 heteroatoms. The molecule has 21 heavy (non-hydrogen) atoms. The number of guanidine groups is 1. The lowest BCUT2D eigenvalue weighted by Gasteiger charge is -2.15. The maximum atomic E-state index is 11.7. The molecule has 116 valence electrons. The van der Waals surface area contributed by atoms with Crippen molar-refractivity contribution in [3.05, 3.63) is 10.6 Å². The number of nitrogens with one attached hydrogen (secondary N) is 2. The van der Waals surface area contributed by atoms with Gasteiger partial charge in [0.25, 0.3) is 0 Å². The van der Waals surface area contributed by atoms with Gasteiger partial charge in [-0.3, -0.25) is 16.5 Å². The first kappa shape index (κ1) is 17.2. The van der Waals surface area contributed by atoms with E-state index in [9.17, 15) is 4.79 Å². The van der Waals surface area contributed by atoms with E-state index >= 15 is 0 Å². The maximum absolute atomic E-state index is 11.7. The van der Waals surface area contributed by atoms with E-state index in [-0.39, 0.29) is 22.5 Å². The van der Waals surface area contributed by atoms with Gasteiger partial charge in [0.05, 0.1) is 13.7 Å². The summed E-state index contributed by atoms with van der Waals surface area (Å²) in [5.74, 6) is -0.255. The number of carbonyl (C=O) groups is 1. The summed E-state index contributed by atoms with van der Waals surface area (Å²) in [6, 6.07) is -0.662. The minimum atomic E-state index is -0.662. The van der Waals surface area contributed by atoms with Crippen molar-refractivity contribution >= 4 is 41.1 Å².